The van der Waals surface area contributed by atoms with Crippen LogP contribution in [-0.2, 0) is 9.53 Å². The van der Waals surface area contributed by atoms with Crippen LogP contribution < -0.4 is 0 Å². The van der Waals surface area contributed by atoms with Crippen molar-refractivity contribution in [1.29, 1.82) is 0 Å². The van der Waals surface area contributed by atoms with Crippen LogP contribution in [0.1, 0.15) is 0 Å². The van der Waals surface area contributed by atoms with E-state index in [0.717, 1.165) is 0 Å². The van der Waals surface area contributed by atoms with Crippen LogP contribution in [0.25, 0.3) is 0 Å². The van der Waals surface area contributed by atoms with Crippen LogP contribution in [0, 0.1) is 7.11 Å². The summed E-state index contributed by atoms with van der Waals surface area (Å²) in [5.74, 6) is 0.00926. The fraction of sp³-hybridized carbons (Fsp3) is 0.500. The Kier molecular flexibility index (Phi) is 4.34. The third-order valence-corrected chi connectivity index (χ3v) is 1.04. The van der Waals surface area contributed by atoms with Crippen LogP contribution >= 0.6 is 15.9 Å². The maximum absolute atomic E-state index is 10.2. The molecular formula is C4H6BrO2. The Morgan fingerprint density at radius 2 is 2.43 bits per heavy atom. The van der Waals surface area contributed by atoms with Crippen molar-refractivity contribution in [1.82, 2.24) is 0 Å². The molecule has 0 atom stereocenters. The van der Waals surface area contributed by atoms with Gasteiger partial charge in [-0.2, -0.15) is 0 Å². The monoisotopic (exact) mass is 165 g/mol. The lowest BCUT2D eigenvalue weighted by Gasteiger charge is -1.88. The third kappa shape index (κ3) is 3.95. The van der Waals surface area contributed by atoms with E-state index >= 15 is 0 Å². The largest absolute Gasteiger partial charge is 0.371 e. The number of carbonyl (C=O) groups excluding carboxylic acids is 1. The molecule has 0 aromatic rings. The average Bonchev–Trinajstić information content (AvgIpc) is 1.68. The second-order valence-electron chi connectivity index (χ2n) is 1.02. The highest BCUT2D eigenvalue weighted by atomic mass is 79.9. The smallest absolute Gasteiger partial charge is 0.168 e. The first-order valence-electron chi connectivity index (χ1n) is 1.76. The number of ether oxygens (including phenoxy) is 1. The Morgan fingerprint density at radius 1 is 1.86 bits per heavy atom. The van der Waals surface area contributed by atoms with Gasteiger partial charge in [0.25, 0.3) is 0 Å². The maximum atomic E-state index is 10.2. The summed E-state index contributed by atoms with van der Waals surface area (Å²) in [7, 11) is 3.03. The molecule has 0 aliphatic carbocycles. The van der Waals surface area contributed by atoms with E-state index in [1.807, 2.05) is 0 Å². The second kappa shape index (κ2) is 4.27. The van der Waals surface area contributed by atoms with E-state index in [0.29, 0.717) is 5.33 Å². The normalized spacial score (nSPS) is 8.86. The van der Waals surface area contributed by atoms with E-state index in [1.54, 1.807) is 0 Å². The van der Waals surface area contributed by atoms with Gasteiger partial charge in [0.1, 0.15) is 6.61 Å². The number of hydrogen-bond donors (Lipinski definition) is 0. The number of halogens is 1. The zero-order chi connectivity index (χ0) is 5.70. The molecule has 41 valence electrons. The number of Topliss-reactive ketones (excluding diaryl/α,β-unsaturated/α-hetero) is 1. The van der Waals surface area contributed by atoms with Gasteiger partial charge in [-0.3, -0.25) is 4.79 Å². The summed E-state index contributed by atoms with van der Waals surface area (Å²) >= 11 is 2.96. The van der Waals surface area contributed by atoms with Gasteiger partial charge in [0.15, 0.2) is 5.78 Å². The van der Waals surface area contributed by atoms with E-state index in [9.17, 15) is 4.79 Å². The molecule has 3 heteroatoms. The minimum atomic E-state index is 0.00926. The van der Waals surface area contributed by atoms with Crippen LogP contribution in [-0.4, -0.2) is 17.7 Å². The molecule has 0 saturated carbocycles. The van der Waals surface area contributed by atoms with E-state index in [-0.39, 0.29) is 12.4 Å². The molecule has 0 aliphatic heterocycles. The van der Waals surface area contributed by atoms with Gasteiger partial charge in [0, 0.05) is 0 Å². The standard InChI is InChI=1S/C4H6BrO2/c1-7-3-4(6)2-5/h1-3H2. The van der Waals surface area contributed by atoms with E-state index in [4.69, 9.17) is 0 Å². The predicted molar refractivity (Wildman–Crippen MR) is 30.1 cm³/mol. The van der Waals surface area contributed by atoms with E-state index < -0.39 is 0 Å². The molecule has 0 rings (SSSR count). The average molecular weight is 166 g/mol. The van der Waals surface area contributed by atoms with Gasteiger partial charge in [-0.1, -0.05) is 15.9 Å². The summed E-state index contributed by atoms with van der Waals surface area (Å²) in [5.41, 5.74) is 0. The first-order valence-corrected chi connectivity index (χ1v) is 2.88. The molecule has 0 N–H and O–H groups in total. The zero-order valence-corrected chi connectivity index (χ0v) is 5.40. The molecular weight excluding hydrogens is 160 g/mol. The topological polar surface area (TPSA) is 26.3 Å². The van der Waals surface area contributed by atoms with E-state index in [2.05, 4.69) is 27.8 Å². The van der Waals surface area contributed by atoms with Crippen molar-refractivity contribution >= 4 is 21.7 Å². The summed E-state index contributed by atoms with van der Waals surface area (Å²) in [5, 5.41) is 0.350. The quantitative estimate of drug-likeness (QED) is 0.578. The molecule has 1 radical (unpaired) electrons. The lowest BCUT2D eigenvalue weighted by Crippen LogP contribution is -2.05. The number of carbonyl (C=O) groups is 1. The SMILES string of the molecule is [CH2]OCC(=O)CBr. The third-order valence-electron chi connectivity index (χ3n) is 0.412. The Labute approximate surface area is 51.0 Å². The van der Waals surface area contributed by atoms with Gasteiger partial charge in [-0.25, -0.2) is 0 Å². The van der Waals surface area contributed by atoms with Gasteiger partial charge < -0.3 is 4.74 Å². The summed E-state index contributed by atoms with van der Waals surface area (Å²) in [4.78, 5) is 10.2. The molecule has 2 nitrogen and oxygen atoms in total. The van der Waals surface area contributed by atoms with Gasteiger partial charge >= 0.3 is 0 Å². The highest BCUT2D eigenvalue weighted by Gasteiger charge is 1.93. The van der Waals surface area contributed by atoms with Crippen molar-refractivity contribution in [3.8, 4) is 0 Å². The van der Waals surface area contributed by atoms with Gasteiger partial charge in [-0.05, 0) is 0 Å². The van der Waals surface area contributed by atoms with Crippen LogP contribution in [0.2, 0.25) is 0 Å². The lowest BCUT2D eigenvalue weighted by atomic mass is 10.5. The van der Waals surface area contributed by atoms with Crippen molar-refractivity contribution in [2.75, 3.05) is 11.9 Å². The first-order chi connectivity index (χ1) is 3.31. The summed E-state index contributed by atoms with van der Waals surface area (Å²) in [6, 6.07) is 0. The fourth-order valence-corrected chi connectivity index (χ4v) is 0.314. The molecule has 0 bridgehead atoms. The second-order valence-corrected chi connectivity index (χ2v) is 1.58. The highest BCUT2D eigenvalue weighted by Crippen LogP contribution is 1.81. The van der Waals surface area contributed by atoms with Crippen molar-refractivity contribution < 1.29 is 9.53 Å². The Bertz CT molecular complexity index is 62.7. The maximum Gasteiger partial charge on any atom is 0.168 e. The van der Waals surface area contributed by atoms with Gasteiger partial charge in [-0.15, -0.1) is 0 Å². The minimum Gasteiger partial charge on any atom is -0.371 e. The van der Waals surface area contributed by atoms with E-state index in [1.165, 1.54) is 0 Å². The van der Waals surface area contributed by atoms with Gasteiger partial charge in [0.05, 0.1) is 12.4 Å². The molecule has 0 unspecified atom stereocenters. The van der Waals surface area contributed by atoms with Crippen LogP contribution in [0.4, 0.5) is 0 Å². The Morgan fingerprint density at radius 3 is 2.57 bits per heavy atom. The molecule has 7 heavy (non-hydrogen) atoms. The molecule has 0 saturated heterocycles. The minimum absolute atomic E-state index is 0.00926. The molecule has 0 fully saturated rings. The summed E-state index contributed by atoms with van der Waals surface area (Å²) in [6.45, 7) is 0.102. The van der Waals surface area contributed by atoms with Crippen molar-refractivity contribution in [2.45, 2.75) is 0 Å². The van der Waals surface area contributed by atoms with Crippen LogP contribution in [0.5, 0.6) is 0 Å². The van der Waals surface area contributed by atoms with Crippen molar-refractivity contribution in [2.24, 2.45) is 0 Å². The number of ketones is 1. The van der Waals surface area contributed by atoms with Crippen LogP contribution in [0.3, 0.4) is 0 Å². The number of hydrogen-bond acceptors (Lipinski definition) is 2. The fourth-order valence-electron chi connectivity index (χ4n) is 0.152. The molecule has 0 aromatic heterocycles. The van der Waals surface area contributed by atoms with Crippen molar-refractivity contribution in [3.05, 3.63) is 7.11 Å². The number of rotatable bonds is 3. The highest BCUT2D eigenvalue weighted by molar-refractivity contribution is 9.09. The molecule has 0 heterocycles. The van der Waals surface area contributed by atoms with Gasteiger partial charge in [0.2, 0.25) is 0 Å². The van der Waals surface area contributed by atoms with Crippen molar-refractivity contribution in [3.63, 3.8) is 0 Å². The lowest BCUT2D eigenvalue weighted by molar-refractivity contribution is -0.119. The Hall–Kier alpha value is 0.110. The summed E-state index contributed by atoms with van der Waals surface area (Å²) in [6.07, 6.45) is 0. The molecule has 0 spiro atoms. The zero-order valence-electron chi connectivity index (χ0n) is 3.82. The molecule has 0 aromatic carbocycles. The predicted octanol–water partition coefficient (Wildman–Crippen LogP) is 0.759. The van der Waals surface area contributed by atoms with Crippen LogP contribution in [0.15, 0.2) is 0 Å². The summed E-state index contributed by atoms with van der Waals surface area (Å²) < 4.78 is 4.26. The first kappa shape index (κ1) is 7.11. The molecule has 0 amide bonds. The molecule has 0 aliphatic rings. The number of alkyl halides is 1. The Balaban J connectivity index is 3.00.